The molecule has 0 aromatic heterocycles. The number of aliphatic hydroxyl groups excluding tert-OH is 3. The first-order valence-corrected chi connectivity index (χ1v) is 3.94. The lowest BCUT2D eigenvalue weighted by atomic mass is 9.89. The summed E-state index contributed by atoms with van der Waals surface area (Å²) >= 11 is 0. The van der Waals surface area contributed by atoms with Crippen LogP contribution < -0.4 is 0 Å². The van der Waals surface area contributed by atoms with Gasteiger partial charge in [0.05, 0.1) is 6.10 Å². The van der Waals surface area contributed by atoms with E-state index >= 15 is 0 Å². The van der Waals surface area contributed by atoms with Crippen LogP contribution in [0.5, 0.6) is 0 Å². The molecule has 0 aliphatic rings. The molecule has 6 nitrogen and oxygen atoms in total. The number of aldehydes is 1. The van der Waals surface area contributed by atoms with Gasteiger partial charge in [-0.05, 0) is 13.8 Å². The van der Waals surface area contributed by atoms with Gasteiger partial charge in [0, 0.05) is 0 Å². The van der Waals surface area contributed by atoms with Gasteiger partial charge in [-0.15, -0.1) is 0 Å². The maximum absolute atomic E-state index is 10.9. The molecule has 0 aromatic rings. The molecular weight excluding hydrogens is 192 g/mol. The van der Waals surface area contributed by atoms with Crippen LogP contribution in [0.25, 0.3) is 0 Å². The summed E-state index contributed by atoms with van der Waals surface area (Å²) in [6, 6.07) is 0. The van der Waals surface area contributed by atoms with Crippen LogP contribution in [-0.4, -0.2) is 56.4 Å². The Morgan fingerprint density at radius 3 is 2.14 bits per heavy atom. The van der Waals surface area contributed by atoms with Crippen molar-refractivity contribution in [3.05, 3.63) is 0 Å². The molecule has 0 spiro atoms. The van der Waals surface area contributed by atoms with Gasteiger partial charge in [0.2, 0.25) is 5.60 Å². The molecule has 14 heavy (non-hydrogen) atoms. The summed E-state index contributed by atoms with van der Waals surface area (Å²) in [7, 11) is 0. The van der Waals surface area contributed by atoms with Crippen LogP contribution in [0.4, 0.5) is 0 Å². The number of aliphatic hydroxyl groups is 4. The van der Waals surface area contributed by atoms with E-state index in [1.54, 1.807) is 0 Å². The average Bonchev–Trinajstić information content (AvgIpc) is 2.13. The molecule has 6 heteroatoms. The normalized spacial score (nSPS) is 22.9. The van der Waals surface area contributed by atoms with Gasteiger partial charge in [-0.2, -0.15) is 0 Å². The molecule has 0 unspecified atom stereocenters. The second kappa shape index (κ2) is 4.61. The molecule has 0 rings (SSSR count). The molecule has 0 amide bonds. The van der Waals surface area contributed by atoms with Crippen molar-refractivity contribution in [1.29, 1.82) is 0 Å². The Morgan fingerprint density at radius 2 is 1.93 bits per heavy atom. The number of rotatable bonds is 5. The standard InChI is InChI=1S/C8H14O6/c1-4(10)6(12)7(13)8(14,3-9)5(2)11/h3-4,6-7,10,12-14H,1-2H3/t4-,6-,7+,8-/m1/s1/i3D. The van der Waals surface area contributed by atoms with E-state index in [1.807, 2.05) is 0 Å². The zero-order chi connectivity index (χ0) is 12.4. The number of carbonyl (C=O) groups excluding carboxylic acids is 2. The van der Waals surface area contributed by atoms with Crippen LogP contribution in [0.2, 0.25) is 0 Å². The van der Waals surface area contributed by atoms with E-state index in [1.165, 1.54) is 0 Å². The van der Waals surface area contributed by atoms with Gasteiger partial charge in [0.15, 0.2) is 12.0 Å². The highest BCUT2D eigenvalue weighted by atomic mass is 16.4. The van der Waals surface area contributed by atoms with Gasteiger partial charge >= 0.3 is 0 Å². The topological polar surface area (TPSA) is 115 Å². The molecule has 4 atom stereocenters. The second-order valence-electron chi connectivity index (χ2n) is 3.10. The van der Waals surface area contributed by atoms with Gasteiger partial charge in [-0.3, -0.25) is 9.59 Å². The average molecular weight is 207 g/mol. The van der Waals surface area contributed by atoms with Crippen molar-refractivity contribution in [2.24, 2.45) is 0 Å². The van der Waals surface area contributed by atoms with Crippen molar-refractivity contribution in [3.63, 3.8) is 0 Å². The summed E-state index contributed by atoms with van der Waals surface area (Å²) in [5.41, 5.74) is -3.00. The van der Waals surface area contributed by atoms with Crippen molar-refractivity contribution in [1.82, 2.24) is 0 Å². The van der Waals surface area contributed by atoms with E-state index in [2.05, 4.69) is 0 Å². The number of ketones is 1. The summed E-state index contributed by atoms with van der Waals surface area (Å²) in [6.07, 6.45) is -7.32. The van der Waals surface area contributed by atoms with Gasteiger partial charge < -0.3 is 20.4 Å². The van der Waals surface area contributed by atoms with Crippen LogP contribution in [0.3, 0.4) is 0 Å². The fraction of sp³-hybridized carbons (Fsp3) is 0.750. The van der Waals surface area contributed by atoms with Gasteiger partial charge in [0.1, 0.15) is 13.6 Å². The molecule has 0 aromatic carbocycles. The molecule has 0 saturated carbocycles. The van der Waals surface area contributed by atoms with Crippen molar-refractivity contribution in [2.45, 2.75) is 37.8 Å². The Balaban J connectivity index is 5.12. The highest BCUT2D eigenvalue weighted by Crippen LogP contribution is 2.15. The molecule has 0 heterocycles. The first-order chi connectivity index (χ1) is 6.65. The smallest absolute Gasteiger partial charge is 0.206 e. The lowest BCUT2D eigenvalue weighted by Crippen LogP contribution is -2.57. The third-order valence-corrected chi connectivity index (χ3v) is 1.94. The van der Waals surface area contributed by atoms with E-state index in [-0.39, 0.29) is 0 Å². The molecule has 0 aliphatic carbocycles. The van der Waals surface area contributed by atoms with E-state index in [9.17, 15) is 24.9 Å². The lowest BCUT2D eigenvalue weighted by Gasteiger charge is -2.29. The Kier molecular flexibility index (Phi) is 3.70. The van der Waals surface area contributed by atoms with Gasteiger partial charge in [-0.25, -0.2) is 0 Å². The number of carbonyl (C=O) groups is 2. The Morgan fingerprint density at radius 1 is 1.50 bits per heavy atom. The lowest BCUT2D eigenvalue weighted by molar-refractivity contribution is -0.170. The Hall–Kier alpha value is -0.820. The van der Waals surface area contributed by atoms with E-state index < -0.39 is 36.0 Å². The maximum Gasteiger partial charge on any atom is 0.206 e. The van der Waals surface area contributed by atoms with Crippen LogP contribution in [0.15, 0.2) is 0 Å². The largest absolute Gasteiger partial charge is 0.391 e. The quantitative estimate of drug-likeness (QED) is 0.295. The summed E-state index contributed by atoms with van der Waals surface area (Å²) < 4.78 is 6.66. The van der Waals surface area contributed by atoms with E-state index in [0.717, 1.165) is 13.8 Å². The van der Waals surface area contributed by atoms with Gasteiger partial charge in [-0.1, -0.05) is 0 Å². The molecule has 0 radical (unpaired) electrons. The minimum absolute atomic E-state index is 0.796. The highest BCUT2D eigenvalue weighted by Gasteiger charge is 2.45. The zero-order valence-corrected chi connectivity index (χ0v) is 7.84. The third kappa shape index (κ3) is 2.36. The molecule has 0 aliphatic heterocycles. The SMILES string of the molecule is [2H]C(=O)[C@@](O)(C(C)=O)[C@@H](O)[C@H](O)[C@@H](C)O. The Bertz CT molecular complexity index is 250. The van der Waals surface area contributed by atoms with Crippen molar-refractivity contribution in [3.8, 4) is 0 Å². The van der Waals surface area contributed by atoms with Crippen molar-refractivity contribution < 1.29 is 31.4 Å². The van der Waals surface area contributed by atoms with Crippen LogP contribution in [0, 0.1) is 0 Å². The zero-order valence-electron chi connectivity index (χ0n) is 8.84. The maximum atomic E-state index is 10.9. The van der Waals surface area contributed by atoms with E-state index in [0.29, 0.717) is 0 Å². The summed E-state index contributed by atoms with van der Waals surface area (Å²) in [4.78, 5) is 21.7. The van der Waals surface area contributed by atoms with Crippen LogP contribution >= 0.6 is 0 Å². The predicted octanol–water partition coefficient (Wildman–Crippen LogP) is -2.39. The number of Topliss-reactive ketones (excluding diaryl/α,β-unsaturated/α-hetero) is 1. The molecular formula is C8H14O6. The second-order valence-corrected chi connectivity index (χ2v) is 3.10. The minimum Gasteiger partial charge on any atom is -0.391 e. The molecule has 82 valence electrons. The van der Waals surface area contributed by atoms with Gasteiger partial charge in [0.25, 0.3) is 0 Å². The third-order valence-electron chi connectivity index (χ3n) is 1.94. The van der Waals surface area contributed by atoms with E-state index in [4.69, 9.17) is 6.48 Å². The molecule has 0 saturated heterocycles. The minimum atomic E-state index is -3.00. The molecule has 4 N–H and O–H groups in total. The summed E-state index contributed by atoms with van der Waals surface area (Å²) in [6.45, 7) is 1.90. The summed E-state index contributed by atoms with van der Waals surface area (Å²) in [5.74, 6) is -1.17. The first-order valence-electron chi connectivity index (χ1n) is 4.44. The number of hydrogen-bond donors (Lipinski definition) is 4. The first kappa shape index (κ1) is 11.3. The summed E-state index contributed by atoms with van der Waals surface area (Å²) in [5, 5.41) is 36.9. The Labute approximate surface area is 82.2 Å². The van der Waals surface area contributed by atoms with Crippen molar-refractivity contribution >= 4 is 12.0 Å². The monoisotopic (exact) mass is 207 g/mol. The van der Waals surface area contributed by atoms with Crippen molar-refractivity contribution in [2.75, 3.05) is 0 Å². The predicted molar refractivity (Wildman–Crippen MR) is 45.4 cm³/mol. The fourth-order valence-corrected chi connectivity index (χ4v) is 0.851. The molecule has 0 fully saturated rings. The molecule has 0 bridgehead atoms. The van der Waals surface area contributed by atoms with Crippen LogP contribution in [-0.2, 0) is 9.59 Å². The fourth-order valence-electron chi connectivity index (χ4n) is 0.851. The highest BCUT2D eigenvalue weighted by molar-refractivity contribution is 6.00. The number of hydrogen-bond acceptors (Lipinski definition) is 6. The van der Waals surface area contributed by atoms with Crippen LogP contribution in [0.1, 0.15) is 15.2 Å².